The summed E-state index contributed by atoms with van der Waals surface area (Å²) in [6, 6.07) is 21.7. The van der Waals surface area contributed by atoms with Crippen LogP contribution >= 0.6 is 11.8 Å². The predicted octanol–water partition coefficient (Wildman–Crippen LogP) is 4.09. The Morgan fingerprint density at radius 1 is 0.923 bits per heavy atom. The number of hydrogen-bond acceptors (Lipinski definition) is 4. The minimum Gasteiger partial charge on any atom is -0.344 e. The molecular weight excluding hydrogens is 342 g/mol. The summed E-state index contributed by atoms with van der Waals surface area (Å²) in [5.74, 6) is 0.231. The minimum absolute atomic E-state index is 0.0459. The van der Waals surface area contributed by atoms with Gasteiger partial charge in [-0.25, -0.2) is 9.97 Å². The maximum atomic E-state index is 12.6. The number of benzene rings is 2. The topological polar surface area (TPSA) is 54.9 Å². The molecule has 0 bridgehead atoms. The number of nitrogens with zero attached hydrogens (tertiary/aromatic N) is 2. The average molecular weight is 363 g/mol. The van der Waals surface area contributed by atoms with E-state index in [-0.39, 0.29) is 17.7 Å². The SMILES string of the molecule is Cc1cc(C)nc(SCC(=O)NC(c2ccccc2)c2ccccc2)n1. The van der Waals surface area contributed by atoms with Gasteiger partial charge in [-0.3, -0.25) is 4.79 Å². The van der Waals surface area contributed by atoms with Gasteiger partial charge in [-0.05, 0) is 31.0 Å². The molecule has 0 atom stereocenters. The first-order valence-corrected chi connectivity index (χ1v) is 9.45. The van der Waals surface area contributed by atoms with Crippen LogP contribution < -0.4 is 5.32 Å². The third-order valence-electron chi connectivity index (χ3n) is 3.87. The molecule has 3 aromatic rings. The molecule has 1 aromatic heterocycles. The fraction of sp³-hybridized carbons (Fsp3) is 0.190. The van der Waals surface area contributed by atoms with Crippen molar-refractivity contribution in [2.75, 3.05) is 5.75 Å². The largest absolute Gasteiger partial charge is 0.344 e. The lowest BCUT2D eigenvalue weighted by Gasteiger charge is -2.19. The molecule has 0 spiro atoms. The molecule has 0 aliphatic carbocycles. The van der Waals surface area contributed by atoms with Crippen LogP contribution in [-0.4, -0.2) is 21.6 Å². The minimum atomic E-state index is -0.175. The molecule has 0 saturated carbocycles. The Bertz CT molecular complexity index is 809. The second kappa shape index (κ2) is 8.63. The molecule has 0 fully saturated rings. The van der Waals surface area contributed by atoms with E-state index in [4.69, 9.17) is 0 Å². The monoisotopic (exact) mass is 363 g/mol. The van der Waals surface area contributed by atoms with E-state index >= 15 is 0 Å². The highest BCUT2D eigenvalue weighted by Gasteiger charge is 2.17. The molecule has 132 valence electrons. The van der Waals surface area contributed by atoms with Crippen LogP contribution in [0, 0.1) is 13.8 Å². The molecule has 0 saturated heterocycles. The predicted molar refractivity (Wildman–Crippen MR) is 105 cm³/mol. The molecule has 1 amide bonds. The first-order chi connectivity index (χ1) is 12.6. The number of amides is 1. The number of carbonyl (C=O) groups is 1. The fourth-order valence-corrected chi connectivity index (χ4v) is 3.50. The lowest BCUT2D eigenvalue weighted by Crippen LogP contribution is -2.30. The number of aromatic nitrogens is 2. The van der Waals surface area contributed by atoms with Gasteiger partial charge in [0, 0.05) is 11.4 Å². The van der Waals surface area contributed by atoms with E-state index in [0.717, 1.165) is 22.5 Å². The molecule has 1 N–H and O–H groups in total. The van der Waals surface area contributed by atoms with Crippen LogP contribution in [0.2, 0.25) is 0 Å². The second-order valence-corrected chi connectivity index (χ2v) is 6.99. The number of nitrogens with one attached hydrogen (secondary N) is 1. The van der Waals surface area contributed by atoms with Gasteiger partial charge >= 0.3 is 0 Å². The smallest absolute Gasteiger partial charge is 0.231 e. The molecule has 0 radical (unpaired) electrons. The number of hydrogen-bond donors (Lipinski definition) is 1. The summed E-state index contributed by atoms with van der Waals surface area (Å²) in [5.41, 5.74) is 3.93. The number of thioether (sulfide) groups is 1. The Morgan fingerprint density at radius 2 is 1.42 bits per heavy atom. The summed E-state index contributed by atoms with van der Waals surface area (Å²) in [6.07, 6.45) is 0. The van der Waals surface area contributed by atoms with E-state index in [1.54, 1.807) is 0 Å². The molecule has 1 heterocycles. The maximum absolute atomic E-state index is 12.6. The molecule has 0 aliphatic heterocycles. The van der Waals surface area contributed by atoms with Crippen molar-refractivity contribution < 1.29 is 4.79 Å². The van der Waals surface area contributed by atoms with Gasteiger partial charge in [0.15, 0.2) is 5.16 Å². The zero-order valence-electron chi connectivity index (χ0n) is 14.8. The Morgan fingerprint density at radius 3 is 1.92 bits per heavy atom. The standard InChI is InChI=1S/C21H21N3OS/c1-15-13-16(2)23-21(22-15)26-14-19(25)24-20(17-9-5-3-6-10-17)18-11-7-4-8-12-18/h3-13,20H,14H2,1-2H3,(H,24,25). The van der Waals surface area contributed by atoms with Crippen molar-refractivity contribution >= 4 is 17.7 Å². The van der Waals surface area contributed by atoms with E-state index in [0.29, 0.717) is 5.16 Å². The molecule has 5 heteroatoms. The molecule has 0 aliphatic rings. The van der Waals surface area contributed by atoms with Gasteiger partial charge in [0.1, 0.15) is 0 Å². The van der Waals surface area contributed by atoms with E-state index in [1.807, 2.05) is 80.6 Å². The summed E-state index contributed by atoms with van der Waals surface area (Å²) in [5, 5.41) is 3.77. The summed E-state index contributed by atoms with van der Waals surface area (Å²) in [6.45, 7) is 3.86. The van der Waals surface area contributed by atoms with Crippen LogP contribution in [0.5, 0.6) is 0 Å². The van der Waals surface area contributed by atoms with Crippen molar-refractivity contribution in [3.05, 3.63) is 89.2 Å². The Hall–Kier alpha value is -2.66. The number of rotatable bonds is 6. The highest BCUT2D eigenvalue weighted by Crippen LogP contribution is 2.22. The first-order valence-electron chi connectivity index (χ1n) is 8.46. The summed E-state index contributed by atoms with van der Waals surface area (Å²) >= 11 is 1.35. The number of carbonyl (C=O) groups excluding carboxylic acids is 1. The molecule has 0 unspecified atom stereocenters. The lowest BCUT2D eigenvalue weighted by molar-refractivity contribution is -0.119. The lowest BCUT2D eigenvalue weighted by atomic mass is 9.99. The molecule has 3 rings (SSSR count). The Kier molecular flexibility index (Phi) is 6.02. The van der Waals surface area contributed by atoms with Gasteiger partial charge in [-0.1, -0.05) is 72.4 Å². The van der Waals surface area contributed by atoms with Crippen LogP contribution in [0.1, 0.15) is 28.6 Å². The second-order valence-electron chi connectivity index (χ2n) is 6.04. The molecule has 4 nitrogen and oxygen atoms in total. The van der Waals surface area contributed by atoms with Crippen LogP contribution in [0.15, 0.2) is 71.9 Å². The summed E-state index contributed by atoms with van der Waals surface area (Å²) < 4.78 is 0. The van der Waals surface area contributed by atoms with E-state index < -0.39 is 0 Å². The fourth-order valence-electron chi connectivity index (χ4n) is 2.74. The van der Waals surface area contributed by atoms with Crippen molar-refractivity contribution in [3.63, 3.8) is 0 Å². The highest BCUT2D eigenvalue weighted by atomic mass is 32.2. The third kappa shape index (κ3) is 4.92. The quantitative estimate of drug-likeness (QED) is 0.529. The maximum Gasteiger partial charge on any atom is 0.231 e. The van der Waals surface area contributed by atoms with Crippen molar-refractivity contribution in [2.24, 2.45) is 0 Å². The van der Waals surface area contributed by atoms with E-state index in [9.17, 15) is 4.79 Å². The number of aryl methyl sites for hydroxylation is 2. The van der Waals surface area contributed by atoms with Crippen molar-refractivity contribution in [1.29, 1.82) is 0 Å². The van der Waals surface area contributed by atoms with E-state index in [1.165, 1.54) is 11.8 Å². The van der Waals surface area contributed by atoms with Crippen molar-refractivity contribution in [3.8, 4) is 0 Å². The zero-order chi connectivity index (χ0) is 18.4. The van der Waals surface area contributed by atoms with Gasteiger partial charge in [0.2, 0.25) is 5.91 Å². The van der Waals surface area contributed by atoms with Gasteiger partial charge in [0.05, 0.1) is 11.8 Å². The van der Waals surface area contributed by atoms with Crippen molar-refractivity contribution in [2.45, 2.75) is 25.0 Å². The normalized spacial score (nSPS) is 10.7. The van der Waals surface area contributed by atoms with Crippen LogP contribution in [0.25, 0.3) is 0 Å². The molecule has 26 heavy (non-hydrogen) atoms. The summed E-state index contributed by atoms with van der Waals surface area (Å²) in [4.78, 5) is 21.3. The van der Waals surface area contributed by atoms with Gasteiger partial charge in [-0.2, -0.15) is 0 Å². The molecule has 2 aromatic carbocycles. The van der Waals surface area contributed by atoms with Gasteiger partial charge in [0.25, 0.3) is 0 Å². The summed E-state index contributed by atoms with van der Waals surface area (Å²) in [7, 11) is 0. The zero-order valence-corrected chi connectivity index (χ0v) is 15.7. The Balaban J connectivity index is 1.71. The Labute approximate surface area is 158 Å². The van der Waals surface area contributed by atoms with Crippen LogP contribution in [0.3, 0.4) is 0 Å². The third-order valence-corrected chi connectivity index (χ3v) is 4.71. The van der Waals surface area contributed by atoms with Crippen molar-refractivity contribution in [1.82, 2.24) is 15.3 Å². The van der Waals surface area contributed by atoms with Crippen LogP contribution in [-0.2, 0) is 4.79 Å². The van der Waals surface area contributed by atoms with Gasteiger partial charge < -0.3 is 5.32 Å². The van der Waals surface area contributed by atoms with Crippen LogP contribution in [0.4, 0.5) is 0 Å². The molecular formula is C21H21N3OS. The first kappa shape index (κ1) is 18.1. The average Bonchev–Trinajstić information content (AvgIpc) is 2.65. The van der Waals surface area contributed by atoms with Gasteiger partial charge in [-0.15, -0.1) is 0 Å². The highest BCUT2D eigenvalue weighted by molar-refractivity contribution is 7.99. The van der Waals surface area contributed by atoms with E-state index in [2.05, 4.69) is 15.3 Å².